The van der Waals surface area contributed by atoms with E-state index in [0.29, 0.717) is 24.6 Å². The van der Waals surface area contributed by atoms with Gasteiger partial charge in [-0.3, -0.25) is 0 Å². The number of aromatic nitrogens is 3. The van der Waals surface area contributed by atoms with Crippen molar-refractivity contribution in [3.05, 3.63) is 48.5 Å². The molecular formula is C22H25N3O3. The van der Waals surface area contributed by atoms with Crippen LogP contribution in [0.3, 0.4) is 0 Å². The predicted octanol–water partition coefficient (Wildman–Crippen LogP) is 4.79. The number of benzene rings is 2. The summed E-state index contributed by atoms with van der Waals surface area (Å²) in [7, 11) is 0. The van der Waals surface area contributed by atoms with Crippen LogP contribution in [0.2, 0.25) is 0 Å². The largest absolute Gasteiger partial charge is 0.494 e. The maximum absolute atomic E-state index is 5.65. The van der Waals surface area contributed by atoms with Gasteiger partial charge in [0.15, 0.2) is 0 Å². The van der Waals surface area contributed by atoms with E-state index in [1.165, 1.54) is 0 Å². The smallest absolute Gasteiger partial charge is 0.336 e. The molecule has 0 saturated carbocycles. The number of nitrogens with zero attached hydrogens (tertiary/aromatic N) is 3. The molecule has 3 rings (SSSR count). The van der Waals surface area contributed by atoms with Gasteiger partial charge in [0.1, 0.15) is 22.9 Å². The van der Waals surface area contributed by atoms with Crippen molar-refractivity contribution >= 4 is 0 Å². The molecule has 0 saturated heterocycles. The number of hydrogen-bond donors (Lipinski definition) is 0. The molecule has 0 aliphatic carbocycles. The Morgan fingerprint density at radius 2 is 1.21 bits per heavy atom. The highest BCUT2D eigenvalue weighted by molar-refractivity contribution is 5.78. The van der Waals surface area contributed by atoms with Gasteiger partial charge in [-0.25, -0.2) is 0 Å². The summed E-state index contributed by atoms with van der Waals surface area (Å²) < 4.78 is 16.7. The molecule has 6 heteroatoms. The van der Waals surface area contributed by atoms with Crippen LogP contribution in [0.25, 0.3) is 22.5 Å². The summed E-state index contributed by atoms with van der Waals surface area (Å²) >= 11 is 0. The number of ether oxygens (including phenoxy) is 3. The van der Waals surface area contributed by atoms with Crippen LogP contribution in [0.4, 0.5) is 0 Å². The molecule has 6 nitrogen and oxygen atoms in total. The molecule has 0 radical (unpaired) electrons. The average molecular weight is 379 g/mol. The minimum atomic E-state index is -0.0358. The zero-order valence-corrected chi connectivity index (χ0v) is 16.7. The molecule has 3 aromatic rings. The van der Waals surface area contributed by atoms with Crippen LogP contribution in [-0.2, 0) is 0 Å². The average Bonchev–Trinajstić information content (AvgIpc) is 2.69. The van der Waals surface area contributed by atoms with Crippen molar-refractivity contribution in [2.24, 2.45) is 0 Å². The summed E-state index contributed by atoms with van der Waals surface area (Å²) in [6, 6.07) is 15.8. The van der Waals surface area contributed by atoms with Crippen LogP contribution in [0.5, 0.6) is 17.5 Å². The van der Waals surface area contributed by atoms with E-state index in [1.807, 2.05) is 76.2 Å². The monoisotopic (exact) mass is 379 g/mol. The van der Waals surface area contributed by atoms with E-state index >= 15 is 0 Å². The summed E-state index contributed by atoms with van der Waals surface area (Å²) in [6.45, 7) is 9.03. The Hall–Kier alpha value is -3.15. The van der Waals surface area contributed by atoms with Gasteiger partial charge in [-0.05, 0) is 76.2 Å². The third-order valence-corrected chi connectivity index (χ3v) is 3.89. The zero-order valence-electron chi connectivity index (χ0n) is 16.7. The Bertz CT molecular complexity index is 894. The van der Waals surface area contributed by atoms with Crippen molar-refractivity contribution in [1.29, 1.82) is 0 Å². The van der Waals surface area contributed by atoms with Gasteiger partial charge in [-0.1, -0.05) is 5.10 Å². The molecule has 0 spiro atoms. The van der Waals surface area contributed by atoms with Crippen LogP contribution in [0, 0.1) is 0 Å². The van der Waals surface area contributed by atoms with Crippen molar-refractivity contribution < 1.29 is 14.2 Å². The van der Waals surface area contributed by atoms with E-state index in [4.69, 9.17) is 14.2 Å². The minimum Gasteiger partial charge on any atom is -0.494 e. The van der Waals surface area contributed by atoms with Crippen molar-refractivity contribution in [2.75, 3.05) is 13.2 Å². The van der Waals surface area contributed by atoms with Gasteiger partial charge in [-0.15, -0.1) is 5.10 Å². The van der Waals surface area contributed by atoms with Crippen LogP contribution in [0.1, 0.15) is 27.7 Å². The molecule has 0 aliphatic rings. The van der Waals surface area contributed by atoms with Crippen molar-refractivity contribution in [1.82, 2.24) is 15.2 Å². The molecule has 0 fully saturated rings. The predicted molar refractivity (Wildman–Crippen MR) is 109 cm³/mol. The molecule has 1 heterocycles. The van der Waals surface area contributed by atoms with Crippen LogP contribution in [0.15, 0.2) is 48.5 Å². The normalized spacial score (nSPS) is 10.8. The molecule has 0 aliphatic heterocycles. The first-order valence-corrected chi connectivity index (χ1v) is 9.48. The molecule has 0 amide bonds. The molecule has 146 valence electrons. The first-order valence-electron chi connectivity index (χ1n) is 9.48. The maximum atomic E-state index is 5.65. The molecule has 2 aromatic carbocycles. The summed E-state index contributed by atoms with van der Waals surface area (Å²) in [5, 5.41) is 8.55. The SMILES string of the molecule is CCOc1ccc(-c2nnc(OC(C)C)nc2-c2ccc(OCC)cc2)cc1. The lowest BCUT2D eigenvalue weighted by Gasteiger charge is -2.12. The van der Waals surface area contributed by atoms with Gasteiger partial charge in [0.05, 0.1) is 19.3 Å². The molecule has 28 heavy (non-hydrogen) atoms. The number of rotatable bonds is 8. The number of hydrogen-bond acceptors (Lipinski definition) is 6. The van der Waals surface area contributed by atoms with Gasteiger partial charge < -0.3 is 14.2 Å². The minimum absolute atomic E-state index is 0.0358. The fourth-order valence-electron chi connectivity index (χ4n) is 2.72. The Labute approximate surface area is 165 Å². The van der Waals surface area contributed by atoms with Gasteiger partial charge >= 0.3 is 6.01 Å². The second-order valence-electron chi connectivity index (χ2n) is 6.37. The molecule has 1 aromatic heterocycles. The highest BCUT2D eigenvalue weighted by Crippen LogP contribution is 2.31. The quantitative estimate of drug-likeness (QED) is 0.561. The topological polar surface area (TPSA) is 66.4 Å². The Morgan fingerprint density at radius 1 is 0.714 bits per heavy atom. The summed E-state index contributed by atoms with van der Waals surface area (Å²) in [4.78, 5) is 4.63. The third-order valence-electron chi connectivity index (χ3n) is 3.89. The fourth-order valence-corrected chi connectivity index (χ4v) is 2.72. The third kappa shape index (κ3) is 4.76. The van der Waals surface area contributed by atoms with Crippen molar-refractivity contribution in [2.45, 2.75) is 33.8 Å². The Morgan fingerprint density at radius 3 is 1.68 bits per heavy atom. The van der Waals surface area contributed by atoms with E-state index in [0.717, 1.165) is 22.6 Å². The zero-order chi connectivity index (χ0) is 19.9. The van der Waals surface area contributed by atoms with E-state index in [1.54, 1.807) is 0 Å². The second-order valence-corrected chi connectivity index (χ2v) is 6.37. The second kappa shape index (κ2) is 9.17. The van der Waals surface area contributed by atoms with Gasteiger partial charge in [0, 0.05) is 11.1 Å². The molecular weight excluding hydrogens is 354 g/mol. The molecule has 0 N–H and O–H groups in total. The highest BCUT2D eigenvalue weighted by atomic mass is 16.5. The molecule has 0 unspecified atom stereocenters. The summed E-state index contributed by atoms with van der Waals surface area (Å²) in [6.07, 6.45) is -0.0358. The van der Waals surface area contributed by atoms with E-state index in [-0.39, 0.29) is 12.1 Å². The molecule has 0 atom stereocenters. The van der Waals surface area contributed by atoms with Gasteiger partial charge in [0.25, 0.3) is 0 Å². The van der Waals surface area contributed by atoms with E-state index in [2.05, 4.69) is 15.2 Å². The lowest BCUT2D eigenvalue weighted by atomic mass is 10.0. The Balaban J connectivity index is 2.03. The van der Waals surface area contributed by atoms with Crippen LogP contribution < -0.4 is 14.2 Å². The summed E-state index contributed by atoms with van der Waals surface area (Å²) in [5.41, 5.74) is 3.21. The van der Waals surface area contributed by atoms with Crippen molar-refractivity contribution in [3.8, 4) is 40.0 Å². The van der Waals surface area contributed by atoms with Crippen LogP contribution in [-0.4, -0.2) is 34.5 Å². The lowest BCUT2D eigenvalue weighted by Crippen LogP contribution is -2.10. The van der Waals surface area contributed by atoms with Gasteiger partial charge in [0.2, 0.25) is 0 Å². The summed E-state index contributed by atoms with van der Waals surface area (Å²) in [5.74, 6) is 1.63. The molecule has 0 bridgehead atoms. The Kier molecular flexibility index (Phi) is 6.42. The van der Waals surface area contributed by atoms with E-state index in [9.17, 15) is 0 Å². The first kappa shape index (κ1) is 19.6. The van der Waals surface area contributed by atoms with Gasteiger partial charge in [-0.2, -0.15) is 4.98 Å². The van der Waals surface area contributed by atoms with Crippen LogP contribution >= 0.6 is 0 Å². The van der Waals surface area contributed by atoms with E-state index < -0.39 is 0 Å². The lowest BCUT2D eigenvalue weighted by molar-refractivity contribution is 0.219. The fraction of sp³-hybridized carbons (Fsp3) is 0.318. The highest BCUT2D eigenvalue weighted by Gasteiger charge is 2.15. The maximum Gasteiger partial charge on any atom is 0.336 e. The standard InChI is InChI=1S/C22H25N3O3/c1-5-26-18-11-7-16(8-12-18)20-21(24-25-22(23-20)28-15(3)4)17-9-13-19(14-10-17)27-6-2/h7-15H,5-6H2,1-4H3. The van der Waals surface area contributed by atoms with Crippen molar-refractivity contribution in [3.63, 3.8) is 0 Å². The first-order chi connectivity index (χ1) is 13.6.